The first kappa shape index (κ1) is 15.3. The summed E-state index contributed by atoms with van der Waals surface area (Å²) < 4.78 is 5.91. The summed E-state index contributed by atoms with van der Waals surface area (Å²) in [6.07, 6.45) is 1.86. The summed E-state index contributed by atoms with van der Waals surface area (Å²) >= 11 is 6.10. The third-order valence-corrected chi connectivity index (χ3v) is 4.74. The largest absolute Gasteiger partial charge is 0.372 e. The van der Waals surface area contributed by atoms with Crippen LogP contribution in [0.3, 0.4) is 0 Å². The molecule has 0 radical (unpaired) electrons. The van der Waals surface area contributed by atoms with Gasteiger partial charge in [0.1, 0.15) is 0 Å². The number of rotatable bonds is 1. The highest BCUT2D eigenvalue weighted by atomic mass is 35.5. The minimum Gasteiger partial charge on any atom is -0.372 e. The Labute approximate surface area is 134 Å². The molecule has 5 nitrogen and oxygen atoms in total. The first-order valence-electron chi connectivity index (χ1n) is 7.54. The topological polar surface area (TPSA) is 58.6 Å². The molecule has 1 aromatic carbocycles. The van der Waals surface area contributed by atoms with Gasteiger partial charge in [-0.3, -0.25) is 9.59 Å². The van der Waals surface area contributed by atoms with Gasteiger partial charge in [0.15, 0.2) is 0 Å². The molecule has 22 heavy (non-hydrogen) atoms. The van der Waals surface area contributed by atoms with Crippen molar-refractivity contribution in [3.63, 3.8) is 0 Å². The van der Waals surface area contributed by atoms with Crippen molar-refractivity contribution in [3.05, 3.63) is 34.9 Å². The first-order valence-corrected chi connectivity index (χ1v) is 7.92. The summed E-state index contributed by atoms with van der Waals surface area (Å²) in [5, 5.41) is 3.38. The lowest BCUT2D eigenvalue weighted by atomic mass is 9.90. The van der Waals surface area contributed by atoms with E-state index < -0.39 is 0 Å². The number of hydrogen-bond acceptors (Lipinski definition) is 3. The molecule has 3 rings (SSSR count). The number of likely N-dealkylation sites (tertiary alicyclic amines) is 1. The Balaban J connectivity index is 1.65. The van der Waals surface area contributed by atoms with Crippen molar-refractivity contribution in [1.29, 1.82) is 0 Å². The molecule has 1 spiro atoms. The highest BCUT2D eigenvalue weighted by Gasteiger charge is 2.38. The number of nitrogens with one attached hydrogen (secondary N) is 1. The van der Waals surface area contributed by atoms with Gasteiger partial charge in [0.25, 0.3) is 5.91 Å². The van der Waals surface area contributed by atoms with Gasteiger partial charge in [-0.1, -0.05) is 23.7 Å². The van der Waals surface area contributed by atoms with Crippen molar-refractivity contribution < 1.29 is 14.3 Å². The third kappa shape index (κ3) is 3.10. The van der Waals surface area contributed by atoms with Crippen LogP contribution >= 0.6 is 11.6 Å². The number of ether oxygens (including phenoxy) is 1. The number of nitrogens with zero attached hydrogens (tertiary/aromatic N) is 1. The van der Waals surface area contributed by atoms with E-state index in [2.05, 4.69) is 5.32 Å². The zero-order valence-corrected chi connectivity index (χ0v) is 13.1. The number of halogens is 1. The van der Waals surface area contributed by atoms with Crippen molar-refractivity contribution in [1.82, 2.24) is 10.2 Å². The van der Waals surface area contributed by atoms with Crippen LogP contribution in [0.5, 0.6) is 0 Å². The Morgan fingerprint density at radius 3 is 2.73 bits per heavy atom. The fraction of sp³-hybridized carbons (Fsp3) is 0.500. The monoisotopic (exact) mass is 322 g/mol. The molecule has 0 aliphatic carbocycles. The maximum atomic E-state index is 12.5. The summed E-state index contributed by atoms with van der Waals surface area (Å²) in [7, 11) is 0. The van der Waals surface area contributed by atoms with E-state index in [0.717, 1.165) is 12.8 Å². The van der Waals surface area contributed by atoms with E-state index in [4.69, 9.17) is 16.3 Å². The maximum absolute atomic E-state index is 12.5. The Bertz CT molecular complexity index is 583. The Hall–Kier alpha value is -1.59. The molecule has 0 aromatic heterocycles. The second-order valence-corrected chi connectivity index (χ2v) is 6.24. The molecule has 2 heterocycles. The number of hydrogen-bond donors (Lipinski definition) is 1. The van der Waals surface area contributed by atoms with Gasteiger partial charge in [-0.15, -0.1) is 0 Å². The Kier molecular flexibility index (Phi) is 4.36. The second kappa shape index (κ2) is 6.26. The molecule has 2 fully saturated rings. The molecule has 2 amide bonds. The van der Waals surface area contributed by atoms with Crippen molar-refractivity contribution in [2.75, 3.05) is 26.2 Å². The molecule has 0 unspecified atom stereocenters. The average molecular weight is 323 g/mol. The summed E-state index contributed by atoms with van der Waals surface area (Å²) in [5.74, 6) is -0.00967. The van der Waals surface area contributed by atoms with Crippen LogP contribution in [0.2, 0.25) is 5.02 Å². The van der Waals surface area contributed by atoms with Gasteiger partial charge in [-0.05, 0) is 25.0 Å². The van der Waals surface area contributed by atoms with Gasteiger partial charge in [0.05, 0.1) is 22.8 Å². The maximum Gasteiger partial charge on any atom is 0.255 e. The van der Waals surface area contributed by atoms with Crippen molar-refractivity contribution in [2.45, 2.75) is 24.9 Å². The lowest BCUT2D eigenvalue weighted by molar-refractivity contribution is -0.120. The van der Waals surface area contributed by atoms with Gasteiger partial charge in [0, 0.05) is 26.1 Å². The molecule has 1 aromatic rings. The number of amides is 2. The first-order chi connectivity index (χ1) is 10.6. The van der Waals surface area contributed by atoms with Crippen LogP contribution < -0.4 is 5.32 Å². The number of carbonyl (C=O) groups excluding carboxylic acids is 2. The SMILES string of the molecule is O=C1CCOC2(CCN(C(=O)c3ccccc3Cl)CC2)CN1. The third-order valence-electron chi connectivity index (χ3n) is 4.41. The van der Waals surface area contributed by atoms with Crippen molar-refractivity contribution in [2.24, 2.45) is 0 Å². The molecule has 0 bridgehead atoms. The van der Waals surface area contributed by atoms with E-state index in [9.17, 15) is 9.59 Å². The van der Waals surface area contributed by atoms with Crippen LogP contribution in [0.15, 0.2) is 24.3 Å². The average Bonchev–Trinajstić information content (AvgIpc) is 2.70. The fourth-order valence-electron chi connectivity index (χ4n) is 3.00. The number of carbonyl (C=O) groups is 2. The van der Waals surface area contributed by atoms with E-state index in [0.29, 0.717) is 43.2 Å². The molecule has 2 aliphatic rings. The molecular formula is C16H19ClN2O3. The van der Waals surface area contributed by atoms with Crippen LogP contribution in [0.25, 0.3) is 0 Å². The van der Waals surface area contributed by atoms with Crippen LogP contribution in [-0.4, -0.2) is 48.6 Å². The summed E-state index contributed by atoms with van der Waals surface area (Å²) in [5.41, 5.74) is 0.207. The molecule has 0 saturated carbocycles. The zero-order chi connectivity index (χ0) is 15.6. The highest BCUT2D eigenvalue weighted by Crippen LogP contribution is 2.29. The summed E-state index contributed by atoms with van der Waals surface area (Å²) in [6, 6.07) is 7.10. The van der Waals surface area contributed by atoms with E-state index in [-0.39, 0.29) is 17.4 Å². The van der Waals surface area contributed by atoms with E-state index >= 15 is 0 Å². The summed E-state index contributed by atoms with van der Waals surface area (Å²) in [4.78, 5) is 25.8. The van der Waals surface area contributed by atoms with Crippen molar-refractivity contribution in [3.8, 4) is 0 Å². The van der Waals surface area contributed by atoms with Crippen LogP contribution in [-0.2, 0) is 9.53 Å². The number of piperidine rings is 1. The molecule has 2 aliphatic heterocycles. The Morgan fingerprint density at radius 1 is 1.27 bits per heavy atom. The predicted octanol–water partition coefficient (Wildman–Crippen LogP) is 1.85. The minimum atomic E-state index is -0.330. The Morgan fingerprint density at radius 2 is 2.00 bits per heavy atom. The van der Waals surface area contributed by atoms with Crippen LogP contribution in [0.1, 0.15) is 29.6 Å². The van der Waals surface area contributed by atoms with Gasteiger partial charge >= 0.3 is 0 Å². The lowest BCUT2D eigenvalue weighted by Crippen LogP contribution is -2.52. The molecular weight excluding hydrogens is 304 g/mol. The van der Waals surface area contributed by atoms with E-state index in [1.54, 1.807) is 12.1 Å². The van der Waals surface area contributed by atoms with Crippen LogP contribution in [0, 0.1) is 0 Å². The highest BCUT2D eigenvalue weighted by molar-refractivity contribution is 6.33. The molecule has 118 valence electrons. The minimum absolute atomic E-state index is 0.0337. The predicted molar refractivity (Wildman–Crippen MR) is 82.9 cm³/mol. The number of benzene rings is 1. The lowest BCUT2D eigenvalue weighted by Gasteiger charge is -2.40. The summed E-state index contributed by atoms with van der Waals surface area (Å²) in [6.45, 7) is 2.20. The molecule has 6 heteroatoms. The normalized spacial score (nSPS) is 21.3. The van der Waals surface area contributed by atoms with Gasteiger partial charge in [-0.2, -0.15) is 0 Å². The van der Waals surface area contributed by atoms with Gasteiger partial charge < -0.3 is 15.0 Å². The quantitative estimate of drug-likeness (QED) is 0.858. The molecule has 0 atom stereocenters. The van der Waals surface area contributed by atoms with Crippen LogP contribution in [0.4, 0.5) is 0 Å². The van der Waals surface area contributed by atoms with Gasteiger partial charge in [-0.25, -0.2) is 0 Å². The smallest absolute Gasteiger partial charge is 0.255 e. The zero-order valence-electron chi connectivity index (χ0n) is 12.3. The fourth-order valence-corrected chi connectivity index (χ4v) is 3.22. The molecule has 1 N–H and O–H groups in total. The van der Waals surface area contributed by atoms with Gasteiger partial charge in [0.2, 0.25) is 5.91 Å². The van der Waals surface area contributed by atoms with E-state index in [1.807, 2.05) is 17.0 Å². The van der Waals surface area contributed by atoms with Crippen molar-refractivity contribution >= 4 is 23.4 Å². The second-order valence-electron chi connectivity index (χ2n) is 5.83. The standard InChI is InChI=1S/C16H19ClN2O3/c17-13-4-2-1-3-12(13)15(21)19-8-6-16(7-9-19)11-18-14(20)5-10-22-16/h1-4H,5-11H2,(H,18,20). The molecule has 2 saturated heterocycles. The van der Waals surface area contributed by atoms with E-state index in [1.165, 1.54) is 0 Å².